The second-order valence-corrected chi connectivity index (χ2v) is 6.65. The Bertz CT molecular complexity index is 456. The lowest BCUT2D eigenvalue weighted by Gasteiger charge is -2.32. The van der Waals surface area contributed by atoms with Gasteiger partial charge >= 0.3 is 0 Å². The predicted octanol–water partition coefficient (Wildman–Crippen LogP) is 4.28. The zero-order valence-electron chi connectivity index (χ0n) is 12.7. The van der Waals surface area contributed by atoms with Crippen LogP contribution in [0.2, 0.25) is 0 Å². The summed E-state index contributed by atoms with van der Waals surface area (Å²) in [4.78, 5) is 14.7. The Morgan fingerprint density at radius 3 is 2.35 bits per heavy atom. The lowest BCUT2D eigenvalue weighted by Crippen LogP contribution is -2.42. The molecule has 0 aliphatic heterocycles. The molecule has 0 bridgehead atoms. The van der Waals surface area contributed by atoms with E-state index in [2.05, 4.69) is 50.3 Å². The number of halogens is 1. The molecule has 3 nitrogen and oxygen atoms in total. The monoisotopic (exact) mass is 389 g/mol. The quantitative estimate of drug-likeness (QED) is 0.738. The van der Waals surface area contributed by atoms with Gasteiger partial charge in [0.25, 0.3) is 5.91 Å². The molecule has 0 saturated heterocycles. The summed E-state index contributed by atoms with van der Waals surface area (Å²) in [5, 5.41) is 9.79. The molecule has 4 heteroatoms. The number of phenolic OH excluding ortho intramolecular Hbond substituents is 1. The minimum atomic E-state index is 0.0131. The van der Waals surface area contributed by atoms with Crippen LogP contribution in [-0.4, -0.2) is 28.5 Å². The first-order valence-corrected chi connectivity index (χ1v) is 8.28. The van der Waals surface area contributed by atoms with Gasteiger partial charge in [-0.15, -0.1) is 0 Å². The van der Waals surface area contributed by atoms with Crippen LogP contribution < -0.4 is 0 Å². The third-order valence-corrected chi connectivity index (χ3v) is 4.31. The van der Waals surface area contributed by atoms with Gasteiger partial charge in [-0.05, 0) is 59.5 Å². The molecular weight excluding hydrogens is 365 g/mol. The van der Waals surface area contributed by atoms with Crippen molar-refractivity contribution in [2.45, 2.75) is 46.6 Å². The van der Waals surface area contributed by atoms with Crippen molar-refractivity contribution in [3.8, 4) is 5.75 Å². The molecule has 0 unspecified atom stereocenters. The number of carbonyl (C=O) groups is 1. The minimum Gasteiger partial charge on any atom is -0.507 e. The van der Waals surface area contributed by atoms with E-state index < -0.39 is 0 Å². The molecule has 1 rings (SSSR count). The summed E-state index contributed by atoms with van der Waals surface area (Å²) in [6, 6.07) is 5.40. The number of rotatable bonds is 6. The first-order valence-electron chi connectivity index (χ1n) is 7.20. The Labute approximate surface area is 135 Å². The lowest BCUT2D eigenvalue weighted by molar-refractivity contribution is 0.0640. The highest BCUT2D eigenvalue weighted by Crippen LogP contribution is 2.23. The van der Waals surface area contributed by atoms with E-state index in [4.69, 9.17) is 0 Å². The molecule has 0 fully saturated rings. The third kappa shape index (κ3) is 4.36. The molecule has 0 spiro atoms. The van der Waals surface area contributed by atoms with Crippen molar-refractivity contribution in [3.63, 3.8) is 0 Å². The summed E-state index contributed by atoms with van der Waals surface area (Å²) >= 11 is 2.05. The summed E-state index contributed by atoms with van der Waals surface area (Å²) < 4.78 is 0.761. The summed E-state index contributed by atoms with van der Waals surface area (Å²) in [5.74, 6) is 0.613. The average Bonchev–Trinajstić information content (AvgIpc) is 2.41. The van der Waals surface area contributed by atoms with E-state index in [1.165, 1.54) is 0 Å². The highest BCUT2D eigenvalue weighted by Gasteiger charge is 2.23. The molecule has 1 N–H and O–H groups in total. The van der Waals surface area contributed by atoms with Crippen molar-refractivity contribution in [2.75, 3.05) is 6.54 Å². The number of nitrogens with zero attached hydrogens (tertiary/aromatic N) is 1. The number of amides is 1. The first kappa shape index (κ1) is 17.3. The number of benzene rings is 1. The van der Waals surface area contributed by atoms with Crippen molar-refractivity contribution in [2.24, 2.45) is 5.92 Å². The van der Waals surface area contributed by atoms with Crippen LogP contribution in [0.4, 0.5) is 0 Å². The molecule has 0 aromatic heterocycles. The molecule has 0 aliphatic rings. The molecule has 1 amide bonds. The van der Waals surface area contributed by atoms with Crippen molar-refractivity contribution >= 4 is 28.5 Å². The van der Waals surface area contributed by atoms with Crippen LogP contribution in [0.3, 0.4) is 0 Å². The summed E-state index contributed by atoms with van der Waals surface area (Å²) in [5.41, 5.74) is 0.565. The zero-order chi connectivity index (χ0) is 15.3. The maximum atomic E-state index is 12.7. The Morgan fingerprint density at radius 2 is 1.90 bits per heavy atom. The molecule has 0 radical (unpaired) electrons. The first-order chi connectivity index (χ1) is 9.40. The molecule has 20 heavy (non-hydrogen) atoms. The van der Waals surface area contributed by atoms with Gasteiger partial charge in [-0.1, -0.05) is 27.7 Å². The summed E-state index contributed by atoms with van der Waals surface area (Å²) in [6.45, 7) is 9.21. The van der Waals surface area contributed by atoms with Crippen molar-refractivity contribution < 1.29 is 9.90 Å². The zero-order valence-corrected chi connectivity index (χ0v) is 14.8. The molecule has 1 aromatic rings. The van der Waals surface area contributed by atoms with Gasteiger partial charge in [0, 0.05) is 18.2 Å². The minimum absolute atomic E-state index is 0.0131. The highest BCUT2D eigenvalue weighted by molar-refractivity contribution is 14.1. The van der Waals surface area contributed by atoms with Crippen molar-refractivity contribution in [3.05, 3.63) is 27.3 Å². The fourth-order valence-electron chi connectivity index (χ4n) is 2.33. The van der Waals surface area contributed by atoms with Crippen LogP contribution >= 0.6 is 22.6 Å². The molecule has 0 heterocycles. The van der Waals surface area contributed by atoms with Gasteiger partial charge in [-0.3, -0.25) is 4.79 Å². The smallest absolute Gasteiger partial charge is 0.254 e. The maximum Gasteiger partial charge on any atom is 0.254 e. The fourth-order valence-corrected chi connectivity index (χ4v) is 2.67. The fraction of sp³-hybridized carbons (Fsp3) is 0.562. The van der Waals surface area contributed by atoms with Crippen LogP contribution in [0.1, 0.15) is 50.9 Å². The van der Waals surface area contributed by atoms with Crippen LogP contribution in [-0.2, 0) is 0 Å². The van der Waals surface area contributed by atoms with Gasteiger partial charge in [0.05, 0.1) is 3.57 Å². The Balaban J connectivity index is 3.05. The molecule has 0 atom stereocenters. The molecule has 112 valence electrons. The third-order valence-electron chi connectivity index (χ3n) is 3.40. The largest absolute Gasteiger partial charge is 0.507 e. The van der Waals surface area contributed by atoms with Crippen molar-refractivity contribution in [1.29, 1.82) is 0 Å². The van der Waals surface area contributed by atoms with Crippen LogP contribution in [0.25, 0.3) is 0 Å². The number of carbonyl (C=O) groups excluding carboxylic acids is 1. The van der Waals surface area contributed by atoms with E-state index in [-0.39, 0.29) is 17.7 Å². The molecule has 0 saturated carbocycles. The summed E-state index contributed by atoms with van der Waals surface area (Å²) in [7, 11) is 0. The van der Waals surface area contributed by atoms with Crippen LogP contribution in [0.15, 0.2) is 18.2 Å². The molecular formula is C16H24INO2. The van der Waals surface area contributed by atoms with Crippen LogP contribution in [0.5, 0.6) is 5.75 Å². The van der Waals surface area contributed by atoms with E-state index >= 15 is 0 Å². The number of aromatic hydroxyl groups is 1. The molecule has 1 aromatic carbocycles. The average molecular weight is 389 g/mol. The number of hydrogen-bond donors (Lipinski definition) is 1. The normalized spacial score (nSPS) is 11.2. The number of phenols is 1. The van der Waals surface area contributed by atoms with E-state index in [1.54, 1.807) is 18.2 Å². The SMILES string of the molecule is CCC(CC)N(CC(C)C)C(=O)c1ccc(I)c(O)c1. The van der Waals surface area contributed by atoms with Gasteiger partial charge in [0.2, 0.25) is 0 Å². The van der Waals surface area contributed by atoms with Crippen molar-refractivity contribution in [1.82, 2.24) is 4.90 Å². The van der Waals surface area contributed by atoms with Gasteiger partial charge in [0.1, 0.15) is 5.75 Å². The predicted molar refractivity (Wildman–Crippen MR) is 91.1 cm³/mol. The Hall–Kier alpha value is -0.780. The standard InChI is InChI=1S/C16H24INO2/c1-5-13(6-2)18(10-11(3)4)16(20)12-7-8-14(17)15(19)9-12/h7-9,11,13,19H,5-6,10H2,1-4H3. The van der Waals surface area contributed by atoms with E-state index in [0.717, 1.165) is 23.0 Å². The Morgan fingerprint density at radius 1 is 1.30 bits per heavy atom. The summed E-state index contributed by atoms with van der Waals surface area (Å²) in [6.07, 6.45) is 1.90. The van der Waals surface area contributed by atoms with Gasteiger partial charge < -0.3 is 10.0 Å². The molecule has 0 aliphatic carbocycles. The topological polar surface area (TPSA) is 40.5 Å². The highest BCUT2D eigenvalue weighted by atomic mass is 127. The Kier molecular flexibility index (Phi) is 6.79. The second kappa shape index (κ2) is 7.86. The maximum absolute atomic E-state index is 12.7. The lowest BCUT2D eigenvalue weighted by atomic mass is 10.1. The van der Waals surface area contributed by atoms with Gasteiger partial charge in [-0.2, -0.15) is 0 Å². The van der Waals surface area contributed by atoms with E-state index in [9.17, 15) is 9.90 Å². The van der Waals surface area contributed by atoms with Gasteiger partial charge in [0.15, 0.2) is 0 Å². The van der Waals surface area contributed by atoms with Crippen LogP contribution in [0, 0.1) is 9.49 Å². The van der Waals surface area contributed by atoms with Gasteiger partial charge in [-0.25, -0.2) is 0 Å². The van der Waals surface area contributed by atoms with E-state index in [1.807, 2.05) is 4.90 Å². The second-order valence-electron chi connectivity index (χ2n) is 5.49. The number of hydrogen-bond acceptors (Lipinski definition) is 2. The van der Waals surface area contributed by atoms with E-state index in [0.29, 0.717) is 11.5 Å².